The molecule has 146 valence electrons. The van der Waals surface area contributed by atoms with Crippen LogP contribution in [0.4, 0.5) is 0 Å². The number of amides is 1. The van der Waals surface area contributed by atoms with E-state index in [0.717, 1.165) is 35.4 Å². The molecular weight excluding hydrogens is 362 g/mol. The van der Waals surface area contributed by atoms with Crippen LogP contribution in [-0.4, -0.2) is 51.7 Å². The van der Waals surface area contributed by atoms with Crippen LogP contribution >= 0.6 is 0 Å². The molecule has 1 atom stereocenters. The molecular formula is C19H21N5O4. The molecule has 1 fully saturated rings. The van der Waals surface area contributed by atoms with Gasteiger partial charge in [-0.25, -0.2) is 9.20 Å². The van der Waals surface area contributed by atoms with Gasteiger partial charge in [0.1, 0.15) is 24.1 Å². The van der Waals surface area contributed by atoms with Crippen LogP contribution < -0.4 is 15.6 Å². The Morgan fingerprint density at radius 2 is 2.18 bits per heavy atom. The number of carbonyl (C=O) groups excluding carboxylic acids is 1. The first kappa shape index (κ1) is 18.2. The van der Waals surface area contributed by atoms with Gasteiger partial charge < -0.3 is 14.8 Å². The van der Waals surface area contributed by atoms with Gasteiger partial charge >= 0.3 is 0 Å². The Labute approximate surface area is 160 Å². The second-order valence-electron chi connectivity index (χ2n) is 6.62. The van der Waals surface area contributed by atoms with Crippen molar-refractivity contribution in [1.82, 2.24) is 24.7 Å². The highest BCUT2D eigenvalue weighted by Gasteiger charge is 2.17. The summed E-state index contributed by atoms with van der Waals surface area (Å²) in [7, 11) is 1.60. The zero-order valence-corrected chi connectivity index (χ0v) is 15.5. The number of nitrogens with zero attached hydrogens (tertiary/aromatic N) is 4. The number of rotatable bonds is 6. The number of carbonyl (C=O) groups is 1. The van der Waals surface area contributed by atoms with Crippen LogP contribution in [0.15, 0.2) is 41.5 Å². The Balaban J connectivity index is 1.51. The second kappa shape index (κ2) is 7.81. The van der Waals surface area contributed by atoms with Crippen molar-refractivity contribution in [3.63, 3.8) is 0 Å². The molecule has 4 rings (SSSR count). The fourth-order valence-electron chi connectivity index (χ4n) is 3.18. The summed E-state index contributed by atoms with van der Waals surface area (Å²) >= 11 is 0. The summed E-state index contributed by atoms with van der Waals surface area (Å²) in [6.45, 7) is 1.03. The van der Waals surface area contributed by atoms with Crippen molar-refractivity contribution in [3.05, 3.63) is 47.0 Å². The van der Waals surface area contributed by atoms with Gasteiger partial charge in [-0.05, 0) is 43.2 Å². The molecule has 0 spiro atoms. The third kappa shape index (κ3) is 3.74. The van der Waals surface area contributed by atoms with Crippen LogP contribution in [0, 0.1) is 0 Å². The summed E-state index contributed by atoms with van der Waals surface area (Å²) in [5.41, 5.74) is 1.47. The van der Waals surface area contributed by atoms with Crippen molar-refractivity contribution in [1.29, 1.82) is 0 Å². The maximum Gasteiger partial charge on any atom is 0.293 e. The maximum absolute atomic E-state index is 12.7. The molecule has 1 aliphatic rings. The summed E-state index contributed by atoms with van der Waals surface area (Å²) in [5.74, 6) is 0.467. The third-order valence-corrected chi connectivity index (χ3v) is 4.72. The average molecular weight is 383 g/mol. The molecule has 0 radical (unpaired) electrons. The van der Waals surface area contributed by atoms with Gasteiger partial charge in [-0.3, -0.25) is 9.59 Å². The summed E-state index contributed by atoms with van der Waals surface area (Å²) < 4.78 is 13.2. The zero-order chi connectivity index (χ0) is 19.5. The van der Waals surface area contributed by atoms with Crippen molar-refractivity contribution in [2.45, 2.75) is 25.5 Å². The molecule has 2 aromatic heterocycles. The van der Waals surface area contributed by atoms with Gasteiger partial charge in [-0.1, -0.05) is 0 Å². The van der Waals surface area contributed by atoms with Gasteiger partial charge in [0.15, 0.2) is 0 Å². The van der Waals surface area contributed by atoms with E-state index in [1.807, 2.05) is 24.3 Å². The number of benzene rings is 1. The van der Waals surface area contributed by atoms with E-state index in [9.17, 15) is 9.59 Å². The Kier molecular flexibility index (Phi) is 5.07. The predicted octanol–water partition coefficient (Wildman–Crippen LogP) is 0.862. The smallest absolute Gasteiger partial charge is 0.293 e. The van der Waals surface area contributed by atoms with E-state index in [2.05, 4.69) is 15.5 Å². The van der Waals surface area contributed by atoms with Gasteiger partial charge in [0, 0.05) is 18.7 Å². The molecule has 0 bridgehead atoms. The fourth-order valence-corrected chi connectivity index (χ4v) is 3.18. The lowest BCUT2D eigenvalue weighted by Gasteiger charge is -2.11. The topological polar surface area (TPSA) is 99.8 Å². The number of methoxy groups -OCH3 is 1. The highest BCUT2D eigenvalue weighted by molar-refractivity contribution is 5.75. The lowest BCUT2D eigenvalue weighted by Crippen LogP contribution is -2.37. The Morgan fingerprint density at radius 3 is 2.89 bits per heavy atom. The van der Waals surface area contributed by atoms with Crippen LogP contribution in [0.3, 0.4) is 0 Å². The molecule has 1 unspecified atom stereocenters. The molecule has 28 heavy (non-hydrogen) atoms. The van der Waals surface area contributed by atoms with Crippen molar-refractivity contribution in [2.24, 2.45) is 0 Å². The van der Waals surface area contributed by atoms with Gasteiger partial charge in [0.2, 0.25) is 5.91 Å². The number of nitrogens with one attached hydrogen (secondary N) is 1. The molecule has 0 aliphatic carbocycles. The highest BCUT2D eigenvalue weighted by atomic mass is 16.5. The van der Waals surface area contributed by atoms with E-state index in [0.29, 0.717) is 17.8 Å². The van der Waals surface area contributed by atoms with Crippen molar-refractivity contribution in [2.75, 3.05) is 20.3 Å². The van der Waals surface area contributed by atoms with Crippen LogP contribution in [-0.2, 0) is 16.1 Å². The molecule has 9 nitrogen and oxygen atoms in total. The van der Waals surface area contributed by atoms with Crippen molar-refractivity contribution >= 4 is 11.4 Å². The van der Waals surface area contributed by atoms with Gasteiger partial charge in [-0.15, -0.1) is 0 Å². The van der Waals surface area contributed by atoms with Gasteiger partial charge in [-0.2, -0.15) is 10.2 Å². The number of fused-ring (bicyclic) bond motifs is 1. The Hall–Kier alpha value is -3.20. The monoisotopic (exact) mass is 383 g/mol. The largest absolute Gasteiger partial charge is 0.497 e. The van der Waals surface area contributed by atoms with E-state index in [1.165, 1.54) is 10.8 Å². The zero-order valence-electron chi connectivity index (χ0n) is 15.5. The SMILES string of the molecule is COc1ccc(-c2cc3c(=O)n(CC(=O)NCC4CCCO4)ncn3n2)cc1. The Bertz CT molecular complexity index is 1030. The van der Waals surface area contributed by atoms with Crippen molar-refractivity contribution in [3.8, 4) is 17.0 Å². The first-order valence-electron chi connectivity index (χ1n) is 9.12. The molecule has 3 aromatic rings. The van der Waals surface area contributed by atoms with Crippen LogP contribution in [0.2, 0.25) is 0 Å². The van der Waals surface area contributed by atoms with Gasteiger partial charge in [0.05, 0.1) is 18.9 Å². The number of hydrogen-bond donors (Lipinski definition) is 1. The molecule has 1 aliphatic heterocycles. The molecule has 1 amide bonds. The standard InChI is InChI=1S/C19H21N5O4/c1-27-14-6-4-13(5-7-14)16-9-17-19(26)23(21-12-24(17)22-16)11-18(25)20-10-15-3-2-8-28-15/h4-7,9,12,15H,2-3,8,10-11H2,1H3,(H,20,25). The Morgan fingerprint density at radius 1 is 1.36 bits per heavy atom. The average Bonchev–Trinajstić information content (AvgIpc) is 3.39. The van der Waals surface area contributed by atoms with E-state index in [1.54, 1.807) is 13.2 Å². The summed E-state index contributed by atoms with van der Waals surface area (Å²) in [5, 5.41) is 11.2. The second-order valence-corrected chi connectivity index (χ2v) is 6.62. The highest BCUT2D eigenvalue weighted by Crippen LogP contribution is 2.21. The number of ether oxygens (including phenoxy) is 2. The van der Waals surface area contributed by atoms with E-state index < -0.39 is 0 Å². The molecule has 9 heteroatoms. The summed E-state index contributed by atoms with van der Waals surface area (Å²) in [6, 6.07) is 9.07. The predicted molar refractivity (Wildman–Crippen MR) is 101 cm³/mol. The van der Waals surface area contributed by atoms with E-state index in [4.69, 9.17) is 9.47 Å². The minimum Gasteiger partial charge on any atom is -0.497 e. The molecule has 3 heterocycles. The quantitative estimate of drug-likeness (QED) is 0.678. The number of hydrogen-bond acceptors (Lipinski definition) is 6. The van der Waals surface area contributed by atoms with Crippen LogP contribution in [0.1, 0.15) is 12.8 Å². The maximum atomic E-state index is 12.7. The molecule has 1 aromatic carbocycles. The molecule has 1 saturated heterocycles. The van der Waals surface area contributed by atoms with Crippen LogP contribution in [0.5, 0.6) is 5.75 Å². The molecule has 1 N–H and O–H groups in total. The normalized spacial score (nSPS) is 16.4. The number of aromatic nitrogens is 4. The van der Waals surface area contributed by atoms with Crippen molar-refractivity contribution < 1.29 is 14.3 Å². The van der Waals surface area contributed by atoms with E-state index >= 15 is 0 Å². The lowest BCUT2D eigenvalue weighted by molar-refractivity contribution is -0.122. The minimum absolute atomic E-state index is 0.0537. The van der Waals surface area contributed by atoms with Gasteiger partial charge in [0.25, 0.3) is 5.56 Å². The third-order valence-electron chi connectivity index (χ3n) is 4.72. The summed E-state index contributed by atoms with van der Waals surface area (Å²) in [4.78, 5) is 24.8. The minimum atomic E-state index is -0.373. The molecule has 0 saturated carbocycles. The fraction of sp³-hybridized carbons (Fsp3) is 0.368. The summed E-state index contributed by atoms with van der Waals surface area (Å²) in [6.07, 6.45) is 3.43. The lowest BCUT2D eigenvalue weighted by atomic mass is 10.1. The first-order valence-corrected chi connectivity index (χ1v) is 9.12. The van der Waals surface area contributed by atoms with Crippen LogP contribution in [0.25, 0.3) is 16.8 Å². The first-order chi connectivity index (χ1) is 13.6. The van der Waals surface area contributed by atoms with E-state index in [-0.39, 0.29) is 24.1 Å².